The van der Waals surface area contributed by atoms with Crippen LogP contribution < -0.4 is 0 Å². The Morgan fingerprint density at radius 1 is 1.23 bits per heavy atom. The number of hydrogen-bond donors (Lipinski definition) is 1. The lowest BCUT2D eigenvalue weighted by molar-refractivity contribution is 0.00578. The molecule has 0 aromatic rings. The molecule has 0 unspecified atom stereocenters. The van der Waals surface area contributed by atoms with E-state index in [2.05, 4.69) is 6.58 Å². The first-order chi connectivity index (χ1) is 5.72. The second-order valence-corrected chi connectivity index (χ2v) is 6.67. The van der Waals surface area contributed by atoms with Crippen LogP contribution >= 0.6 is 0 Å². The van der Waals surface area contributed by atoms with Gasteiger partial charge in [-0.3, -0.25) is 0 Å². The van der Waals surface area contributed by atoms with Crippen LogP contribution in [0.4, 0.5) is 0 Å². The van der Waals surface area contributed by atoms with E-state index >= 15 is 0 Å². The van der Waals surface area contributed by atoms with Crippen LogP contribution in [-0.2, 0) is 8.85 Å². The lowest BCUT2D eigenvalue weighted by atomic mass is 9.90. The molecule has 1 N–H and O–H groups in total. The molecule has 0 aromatic carbocycles. The van der Waals surface area contributed by atoms with Gasteiger partial charge in [0.05, 0.1) is 11.2 Å². The lowest BCUT2D eigenvalue weighted by Crippen LogP contribution is -2.41. The molecule has 4 heteroatoms. The van der Waals surface area contributed by atoms with Crippen molar-refractivity contribution in [1.29, 1.82) is 0 Å². The molecular formula is C9H18O3Si. The summed E-state index contributed by atoms with van der Waals surface area (Å²) in [6.45, 7) is 11.3. The van der Waals surface area contributed by atoms with Gasteiger partial charge in [0.25, 0.3) is 0 Å². The summed E-state index contributed by atoms with van der Waals surface area (Å²) in [5, 5.41) is 0. The zero-order valence-corrected chi connectivity index (χ0v) is 9.76. The minimum Gasteiger partial charge on any atom is -0.389 e. The van der Waals surface area contributed by atoms with E-state index in [1.54, 1.807) is 6.08 Å². The molecule has 1 aliphatic rings. The molecule has 0 spiro atoms. The second-order valence-electron chi connectivity index (χ2n) is 4.43. The van der Waals surface area contributed by atoms with Crippen LogP contribution in [0.15, 0.2) is 12.7 Å². The van der Waals surface area contributed by atoms with E-state index in [-0.39, 0.29) is 0 Å². The maximum Gasteiger partial charge on any atom is 0.503 e. The molecule has 1 rings (SSSR count). The van der Waals surface area contributed by atoms with Crippen LogP contribution in [0.25, 0.3) is 0 Å². The van der Waals surface area contributed by atoms with Crippen LogP contribution in [0, 0.1) is 0 Å². The first-order valence-corrected chi connectivity index (χ1v) is 6.43. The molecule has 0 saturated carbocycles. The highest BCUT2D eigenvalue weighted by Gasteiger charge is 2.58. The van der Waals surface area contributed by atoms with E-state index in [0.717, 1.165) is 0 Å². The van der Waals surface area contributed by atoms with Gasteiger partial charge in [0.15, 0.2) is 0 Å². The van der Waals surface area contributed by atoms with Gasteiger partial charge in [-0.15, -0.1) is 6.58 Å². The van der Waals surface area contributed by atoms with Gasteiger partial charge in [-0.2, -0.15) is 0 Å². The molecule has 1 aliphatic heterocycles. The number of allylic oxidation sites excluding steroid dienone is 1. The smallest absolute Gasteiger partial charge is 0.389 e. The van der Waals surface area contributed by atoms with E-state index in [1.807, 2.05) is 27.7 Å². The van der Waals surface area contributed by atoms with Gasteiger partial charge in [-0.25, -0.2) is 0 Å². The quantitative estimate of drug-likeness (QED) is 0.547. The highest BCUT2D eigenvalue weighted by atomic mass is 28.4. The van der Waals surface area contributed by atoms with E-state index in [4.69, 9.17) is 8.85 Å². The third-order valence-electron chi connectivity index (χ3n) is 2.68. The van der Waals surface area contributed by atoms with Crippen molar-refractivity contribution in [2.45, 2.75) is 44.9 Å². The summed E-state index contributed by atoms with van der Waals surface area (Å²) in [5.41, 5.74) is -0.867. The van der Waals surface area contributed by atoms with E-state index in [0.29, 0.717) is 6.04 Å². The summed E-state index contributed by atoms with van der Waals surface area (Å²) in [4.78, 5) is 9.99. The third kappa shape index (κ3) is 1.86. The first kappa shape index (κ1) is 10.9. The summed E-state index contributed by atoms with van der Waals surface area (Å²) >= 11 is 0. The lowest BCUT2D eigenvalue weighted by Gasteiger charge is -2.31. The van der Waals surface area contributed by atoms with Crippen LogP contribution in [0.2, 0.25) is 6.04 Å². The van der Waals surface area contributed by atoms with Gasteiger partial charge < -0.3 is 13.6 Å². The Balaban J connectivity index is 2.86. The van der Waals surface area contributed by atoms with Crippen LogP contribution in [0.3, 0.4) is 0 Å². The van der Waals surface area contributed by atoms with Gasteiger partial charge in [0, 0.05) is 6.04 Å². The summed E-state index contributed by atoms with van der Waals surface area (Å²) < 4.78 is 11.2. The van der Waals surface area contributed by atoms with Gasteiger partial charge in [-0.05, 0) is 27.7 Å². The summed E-state index contributed by atoms with van der Waals surface area (Å²) in [6.07, 6.45) is 1.64. The largest absolute Gasteiger partial charge is 0.503 e. The molecule has 13 heavy (non-hydrogen) atoms. The van der Waals surface area contributed by atoms with Crippen LogP contribution in [0.1, 0.15) is 27.7 Å². The minimum absolute atomic E-state index is 0.417. The van der Waals surface area contributed by atoms with Crippen molar-refractivity contribution in [2.24, 2.45) is 0 Å². The molecule has 3 nitrogen and oxygen atoms in total. The van der Waals surface area contributed by atoms with Crippen LogP contribution in [-0.4, -0.2) is 24.8 Å². The average Bonchev–Trinajstić information content (AvgIpc) is 1.96. The maximum atomic E-state index is 9.99. The molecule has 0 aromatic heterocycles. The van der Waals surface area contributed by atoms with E-state index < -0.39 is 20.0 Å². The predicted octanol–water partition coefficient (Wildman–Crippen LogP) is 1.71. The zero-order chi connectivity index (χ0) is 10.3. The first-order valence-electron chi connectivity index (χ1n) is 4.46. The minimum atomic E-state index is -2.98. The topological polar surface area (TPSA) is 38.7 Å². The SMILES string of the molecule is C=CC[Si]1(O)OC(C)(C)C(C)(C)O1. The summed E-state index contributed by atoms with van der Waals surface area (Å²) in [6, 6.07) is 0.417. The highest BCUT2D eigenvalue weighted by molar-refractivity contribution is 6.60. The monoisotopic (exact) mass is 202 g/mol. The molecule has 0 aliphatic carbocycles. The van der Waals surface area contributed by atoms with Crippen molar-refractivity contribution in [2.75, 3.05) is 0 Å². The highest BCUT2D eigenvalue weighted by Crippen LogP contribution is 2.41. The van der Waals surface area contributed by atoms with Crippen LogP contribution in [0.5, 0.6) is 0 Å². The standard InChI is InChI=1S/C9H18O3Si/c1-6-7-13(10)11-8(2,3)9(4,5)12-13/h6,10H,1,7H2,2-5H3. The Labute approximate surface area is 80.7 Å². The third-order valence-corrected chi connectivity index (χ3v) is 5.14. The zero-order valence-electron chi connectivity index (χ0n) is 8.76. The van der Waals surface area contributed by atoms with Crippen molar-refractivity contribution in [3.63, 3.8) is 0 Å². The fraction of sp³-hybridized carbons (Fsp3) is 0.778. The molecule has 0 radical (unpaired) electrons. The maximum absolute atomic E-state index is 9.99. The van der Waals surface area contributed by atoms with E-state index in [1.165, 1.54) is 0 Å². The van der Waals surface area contributed by atoms with Gasteiger partial charge in [-0.1, -0.05) is 6.08 Å². The molecule has 0 bridgehead atoms. The van der Waals surface area contributed by atoms with Gasteiger partial charge in [0.1, 0.15) is 0 Å². The number of hydrogen-bond acceptors (Lipinski definition) is 3. The second kappa shape index (κ2) is 2.92. The van der Waals surface area contributed by atoms with Crippen molar-refractivity contribution in [3.8, 4) is 0 Å². The Morgan fingerprint density at radius 2 is 1.62 bits per heavy atom. The number of rotatable bonds is 2. The molecular weight excluding hydrogens is 184 g/mol. The van der Waals surface area contributed by atoms with Crippen molar-refractivity contribution >= 4 is 8.80 Å². The summed E-state index contributed by atoms with van der Waals surface area (Å²) in [5.74, 6) is 0. The molecule has 76 valence electrons. The summed E-state index contributed by atoms with van der Waals surface area (Å²) in [7, 11) is -2.98. The molecule has 0 amide bonds. The van der Waals surface area contributed by atoms with Gasteiger partial charge in [0.2, 0.25) is 0 Å². The predicted molar refractivity (Wildman–Crippen MR) is 53.3 cm³/mol. The molecule has 1 saturated heterocycles. The fourth-order valence-corrected chi connectivity index (χ4v) is 3.99. The van der Waals surface area contributed by atoms with E-state index in [9.17, 15) is 4.80 Å². The fourth-order valence-electron chi connectivity index (χ4n) is 1.33. The molecule has 1 heterocycles. The Hall–Kier alpha value is -0.163. The van der Waals surface area contributed by atoms with Crippen molar-refractivity contribution in [3.05, 3.63) is 12.7 Å². The average molecular weight is 202 g/mol. The molecule has 1 fully saturated rings. The molecule has 0 atom stereocenters. The van der Waals surface area contributed by atoms with Crippen molar-refractivity contribution < 1.29 is 13.6 Å². The van der Waals surface area contributed by atoms with Gasteiger partial charge >= 0.3 is 8.80 Å². The van der Waals surface area contributed by atoms with Crippen molar-refractivity contribution in [1.82, 2.24) is 0 Å². The Kier molecular flexibility index (Phi) is 2.45. The Bertz CT molecular complexity index is 207. The normalized spacial score (nSPS) is 28.7. The Morgan fingerprint density at radius 3 is 1.92 bits per heavy atom.